The SMILES string of the molecule is Cc1cc(NC(=O)CN2CCN(Cc3cc(F)cc4c3OCOC4)CC2)no1. The Balaban J connectivity index is 1.29. The first-order valence-corrected chi connectivity index (χ1v) is 9.26. The third-order valence-electron chi connectivity index (χ3n) is 4.87. The lowest BCUT2D eigenvalue weighted by molar-refractivity contribution is -0.117. The molecule has 1 saturated heterocycles. The highest BCUT2D eigenvalue weighted by atomic mass is 19.1. The Morgan fingerprint density at radius 1 is 1.21 bits per heavy atom. The van der Waals surface area contributed by atoms with Crippen LogP contribution in [0.4, 0.5) is 10.2 Å². The summed E-state index contributed by atoms with van der Waals surface area (Å²) in [6.07, 6.45) is 0. The molecule has 2 aromatic rings. The number of nitrogens with zero attached hydrogens (tertiary/aromatic N) is 3. The Kier molecular flexibility index (Phi) is 5.56. The zero-order valence-corrected chi connectivity index (χ0v) is 15.7. The van der Waals surface area contributed by atoms with Gasteiger partial charge in [0.1, 0.15) is 17.3 Å². The number of carbonyl (C=O) groups excluding carboxylic acids is 1. The van der Waals surface area contributed by atoms with Crippen molar-refractivity contribution in [1.82, 2.24) is 15.0 Å². The van der Waals surface area contributed by atoms with Crippen LogP contribution in [0.1, 0.15) is 16.9 Å². The topological polar surface area (TPSA) is 80.1 Å². The van der Waals surface area contributed by atoms with Crippen LogP contribution >= 0.6 is 0 Å². The molecule has 1 amide bonds. The Labute approximate surface area is 162 Å². The number of fused-ring (bicyclic) bond motifs is 1. The molecular weight excluding hydrogens is 367 g/mol. The number of benzene rings is 1. The molecule has 150 valence electrons. The molecule has 0 unspecified atom stereocenters. The summed E-state index contributed by atoms with van der Waals surface area (Å²) in [6.45, 7) is 6.34. The molecule has 0 aliphatic carbocycles. The smallest absolute Gasteiger partial charge is 0.239 e. The van der Waals surface area contributed by atoms with E-state index in [0.717, 1.165) is 43.1 Å². The molecule has 0 bridgehead atoms. The van der Waals surface area contributed by atoms with Crippen LogP contribution in [0.15, 0.2) is 22.7 Å². The molecule has 8 nitrogen and oxygen atoms in total. The van der Waals surface area contributed by atoms with Crippen molar-refractivity contribution in [1.29, 1.82) is 0 Å². The molecule has 28 heavy (non-hydrogen) atoms. The molecule has 1 fully saturated rings. The summed E-state index contributed by atoms with van der Waals surface area (Å²) in [5, 5.41) is 6.50. The summed E-state index contributed by atoms with van der Waals surface area (Å²) >= 11 is 0. The average Bonchev–Trinajstić information content (AvgIpc) is 3.07. The van der Waals surface area contributed by atoms with Crippen molar-refractivity contribution in [3.63, 3.8) is 0 Å². The summed E-state index contributed by atoms with van der Waals surface area (Å²) in [4.78, 5) is 16.5. The van der Waals surface area contributed by atoms with E-state index in [4.69, 9.17) is 14.0 Å². The molecule has 0 saturated carbocycles. The van der Waals surface area contributed by atoms with Crippen LogP contribution in [-0.2, 0) is 22.7 Å². The van der Waals surface area contributed by atoms with Crippen molar-refractivity contribution < 1.29 is 23.2 Å². The number of aryl methyl sites for hydroxylation is 1. The van der Waals surface area contributed by atoms with Gasteiger partial charge in [0.25, 0.3) is 0 Å². The lowest BCUT2D eigenvalue weighted by Gasteiger charge is -2.34. The number of carbonyl (C=O) groups is 1. The van der Waals surface area contributed by atoms with Crippen molar-refractivity contribution in [3.05, 3.63) is 40.9 Å². The van der Waals surface area contributed by atoms with Gasteiger partial charge in [0.05, 0.1) is 13.2 Å². The van der Waals surface area contributed by atoms with Crippen molar-refractivity contribution >= 4 is 11.7 Å². The van der Waals surface area contributed by atoms with E-state index in [1.165, 1.54) is 12.1 Å². The minimum Gasteiger partial charge on any atom is -0.467 e. The lowest BCUT2D eigenvalue weighted by Crippen LogP contribution is -2.48. The van der Waals surface area contributed by atoms with E-state index in [2.05, 4.69) is 20.3 Å². The minimum absolute atomic E-state index is 0.116. The number of halogens is 1. The maximum Gasteiger partial charge on any atom is 0.239 e. The Morgan fingerprint density at radius 3 is 2.75 bits per heavy atom. The number of nitrogens with one attached hydrogen (secondary N) is 1. The number of ether oxygens (including phenoxy) is 2. The number of anilines is 1. The van der Waals surface area contributed by atoms with E-state index in [1.54, 1.807) is 13.0 Å². The van der Waals surface area contributed by atoms with Crippen LogP contribution in [0.2, 0.25) is 0 Å². The molecule has 2 aliphatic rings. The number of amides is 1. The third-order valence-corrected chi connectivity index (χ3v) is 4.87. The van der Waals surface area contributed by atoms with Gasteiger partial charge in [-0.15, -0.1) is 0 Å². The van der Waals surface area contributed by atoms with E-state index >= 15 is 0 Å². The zero-order chi connectivity index (χ0) is 19.5. The summed E-state index contributed by atoms with van der Waals surface area (Å²) in [5.41, 5.74) is 1.59. The van der Waals surface area contributed by atoms with Gasteiger partial charge in [0.2, 0.25) is 5.91 Å². The molecule has 2 aliphatic heterocycles. The number of aromatic nitrogens is 1. The van der Waals surface area contributed by atoms with Crippen LogP contribution in [0.25, 0.3) is 0 Å². The second kappa shape index (κ2) is 8.26. The standard InChI is InChI=1S/C19H23FN4O4/c1-13-6-17(22-28-13)21-18(25)10-24-4-2-23(3-5-24)9-14-7-16(20)8-15-11-26-12-27-19(14)15/h6-8H,2-5,9-12H2,1H3,(H,21,22,25). The van der Waals surface area contributed by atoms with E-state index in [0.29, 0.717) is 31.3 Å². The first-order chi connectivity index (χ1) is 13.6. The van der Waals surface area contributed by atoms with Gasteiger partial charge in [-0.25, -0.2) is 4.39 Å². The fourth-order valence-corrected chi connectivity index (χ4v) is 3.53. The van der Waals surface area contributed by atoms with Gasteiger partial charge in [0.15, 0.2) is 12.6 Å². The van der Waals surface area contributed by atoms with E-state index in [-0.39, 0.29) is 18.5 Å². The molecule has 1 N–H and O–H groups in total. The molecule has 1 aromatic carbocycles. The second-order valence-electron chi connectivity index (χ2n) is 7.09. The maximum absolute atomic E-state index is 13.9. The maximum atomic E-state index is 13.9. The lowest BCUT2D eigenvalue weighted by atomic mass is 10.1. The molecule has 1 aromatic heterocycles. The van der Waals surface area contributed by atoms with Gasteiger partial charge in [0, 0.05) is 49.9 Å². The Morgan fingerprint density at radius 2 is 2.00 bits per heavy atom. The molecule has 0 spiro atoms. The first-order valence-electron chi connectivity index (χ1n) is 9.26. The molecule has 0 radical (unpaired) electrons. The average molecular weight is 390 g/mol. The predicted octanol–water partition coefficient (Wildman–Crippen LogP) is 1.74. The summed E-state index contributed by atoms with van der Waals surface area (Å²) in [6, 6.07) is 4.68. The van der Waals surface area contributed by atoms with Crippen LogP contribution in [0, 0.1) is 12.7 Å². The molecule has 9 heteroatoms. The molecule has 3 heterocycles. The normalized spacial score (nSPS) is 17.8. The summed E-state index contributed by atoms with van der Waals surface area (Å²) in [7, 11) is 0. The number of hydrogen-bond donors (Lipinski definition) is 1. The van der Waals surface area contributed by atoms with Gasteiger partial charge in [-0.2, -0.15) is 0 Å². The van der Waals surface area contributed by atoms with E-state index in [1.807, 2.05) is 0 Å². The largest absolute Gasteiger partial charge is 0.467 e. The fraction of sp³-hybridized carbons (Fsp3) is 0.474. The van der Waals surface area contributed by atoms with Crippen molar-refractivity contribution in [2.75, 3.05) is 44.8 Å². The highest BCUT2D eigenvalue weighted by Crippen LogP contribution is 2.30. The van der Waals surface area contributed by atoms with Crippen LogP contribution in [0.3, 0.4) is 0 Å². The first kappa shape index (κ1) is 18.9. The van der Waals surface area contributed by atoms with Crippen molar-refractivity contribution in [3.8, 4) is 5.75 Å². The highest BCUT2D eigenvalue weighted by molar-refractivity contribution is 5.91. The van der Waals surface area contributed by atoms with Gasteiger partial charge in [-0.05, 0) is 19.1 Å². The second-order valence-corrected chi connectivity index (χ2v) is 7.09. The van der Waals surface area contributed by atoms with Gasteiger partial charge in [-0.1, -0.05) is 5.16 Å². The van der Waals surface area contributed by atoms with Crippen LogP contribution in [0.5, 0.6) is 5.75 Å². The van der Waals surface area contributed by atoms with Crippen molar-refractivity contribution in [2.24, 2.45) is 0 Å². The molecule has 0 atom stereocenters. The van der Waals surface area contributed by atoms with Crippen LogP contribution < -0.4 is 10.1 Å². The fourth-order valence-electron chi connectivity index (χ4n) is 3.53. The van der Waals surface area contributed by atoms with Crippen molar-refractivity contribution in [2.45, 2.75) is 20.1 Å². The van der Waals surface area contributed by atoms with Gasteiger partial charge in [-0.3, -0.25) is 14.6 Å². The monoisotopic (exact) mass is 390 g/mol. The summed E-state index contributed by atoms with van der Waals surface area (Å²) in [5.74, 6) is 1.42. The predicted molar refractivity (Wildman–Crippen MR) is 98.3 cm³/mol. The van der Waals surface area contributed by atoms with Gasteiger partial charge < -0.3 is 19.3 Å². The number of piperazine rings is 1. The Bertz CT molecular complexity index is 848. The van der Waals surface area contributed by atoms with Gasteiger partial charge >= 0.3 is 0 Å². The number of rotatable bonds is 5. The quantitative estimate of drug-likeness (QED) is 0.833. The van der Waals surface area contributed by atoms with Crippen LogP contribution in [-0.4, -0.2) is 60.4 Å². The molecule has 4 rings (SSSR count). The van der Waals surface area contributed by atoms with E-state index in [9.17, 15) is 9.18 Å². The Hall–Kier alpha value is -2.49. The molecular formula is C19H23FN4O4. The zero-order valence-electron chi connectivity index (χ0n) is 15.7. The number of hydrogen-bond acceptors (Lipinski definition) is 7. The highest BCUT2D eigenvalue weighted by Gasteiger charge is 2.23. The van der Waals surface area contributed by atoms with E-state index < -0.39 is 0 Å². The minimum atomic E-state index is -0.277. The summed E-state index contributed by atoms with van der Waals surface area (Å²) < 4.78 is 29.7. The third kappa shape index (κ3) is 4.49.